The van der Waals surface area contributed by atoms with E-state index in [2.05, 4.69) is 0 Å². The molecule has 1 N–H and O–H groups in total. The molecule has 0 bridgehead atoms. The van der Waals surface area contributed by atoms with Crippen molar-refractivity contribution in [3.8, 4) is 0 Å². The predicted octanol–water partition coefficient (Wildman–Crippen LogP) is 3.65. The second-order valence-electron chi connectivity index (χ2n) is 3.87. The molecule has 17 heavy (non-hydrogen) atoms. The van der Waals surface area contributed by atoms with Crippen molar-refractivity contribution in [2.24, 2.45) is 5.92 Å². The average Bonchev–Trinajstić information content (AvgIpc) is 2.25. The van der Waals surface area contributed by atoms with Gasteiger partial charge in [-0.3, -0.25) is 0 Å². The number of aryl methyl sites for hydroxylation is 1. The Morgan fingerprint density at radius 2 is 1.82 bits per heavy atom. The molecule has 0 aliphatic heterocycles. The lowest BCUT2D eigenvalue weighted by atomic mass is 10.1. The van der Waals surface area contributed by atoms with Crippen LogP contribution in [0.3, 0.4) is 0 Å². The summed E-state index contributed by atoms with van der Waals surface area (Å²) in [6, 6.07) is 7.37. The number of aliphatic hydroxyl groups excluding tert-OH is 1. The monoisotopic (exact) mass is 264 g/mol. The molecule has 0 amide bonds. The predicted molar refractivity (Wildman–Crippen MR) is 63.2 cm³/mol. The van der Waals surface area contributed by atoms with Crippen LogP contribution in [-0.4, -0.2) is 23.6 Å². The van der Waals surface area contributed by atoms with E-state index < -0.39 is 18.7 Å². The first-order valence-corrected chi connectivity index (χ1v) is 6.29. The van der Waals surface area contributed by atoms with Crippen molar-refractivity contribution in [3.63, 3.8) is 0 Å². The van der Waals surface area contributed by atoms with Gasteiger partial charge in [-0.1, -0.05) is 17.7 Å². The molecule has 0 aliphatic carbocycles. The van der Waals surface area contributed by atoms with Gasteiger partial charge in [0.15, 0.2) is 0 Å². The average molecular weight is 264 g/mol. The van der Waals surface area contributed by atoms with Gasteiger partial charge in [0.1, 0.15) is 0 Å². The number of rotatable bonds is 5. The van der Waals surface area contributed by atoms with E-state index in [1.54, 1.807) is 0 Å². The standard InChI is InChI=1S/C12H15F3OS/c1-9-2-4-11(5-3-9)17-8-10(6-7-16)12(13,14)15/h2-5,10,16H,6-8H2,1H3/t10-/m0/s1. The summed E-state index contributed by atoms with van der Waals surface area (Å²) in [5.41, 5.74) is 1.08. The molecule has 0 unspecified atom stereocenters. The Hall–Kier alpha value is -0.680. The van der Waals surface area contributed by atoms with Crippen molar-refractivity contribution in [1.29, 1.82) is 0 Å². The van der Waals surface area contributed by atoms with Gasteiger partial charge >= 0.3 is 6.18 Å². The lowest BCUT2D eigenvalue weighted by Gasteiger charge is -2.18. The Morgan fingerprint density at radius 3 is 2.29 bits per heavy atom. The molecule has 0 heterocycles. The van der Waals surface area contributed by atoms with Crippen LogP contribution < -0.4 is 0 Å². The van der Waals surface area contributed by atoms with Crippen LogP contribution >= 0.6 is 11.8 Å². The van der Waals surface area contributed by atoms with Crippen molar-refractivity contribution in [1.82, 2.24) is 0 Å². The van der Waals surface area contributed by atoms with E-state index in [1.807, 2.05) is 31.2 Å². The maximum atomic E-state index is 12.5. The molecule has 0 saturated heterocycles. The maximum Gasteiger partial charge on any atom is 0.392 e. The number of benzene rings is 1. The van der Waals surface area contributed by atoms with Crippen molar-refractivity contribution >= 4 is 11.8 Å². The highest BCUT2D eigenvalue weighted by atomic mass is 32.2. The minimum absolute atomic E-state index is 0.0485. The van der Waals surface area contributed by atoms with Crippen LogP contribution in [-0.2, 0) is 0 Å². The van der Waals surface area contributed by atoms with Gasteiger partial charge in [-0.15, -0.1) is 11.8 Å². The molecular formula is C12H15F3OS. The SMILES string of the molecule is Cc1ccc(SC[C@H](CCO)C(F)(F)F)cc1. The normalized spacial score (nSPS) is 13.7. The second kappa shape index (κ2) is 6.31. The van der Waals surface area contributed by atoms with Crippen molar-refractivity contribution in [2.75, 3.05) is 12.4 Å². The van der Waals surface area contributed by atoms with E-state index in [0.29, 0.717) is 0 Å². The van der Waals surface area contributed by atoms with Crippen LogP contribution in [0.25, 0.3) is 0 Å². The van der Waals surface area contributed by atoms with Crippen LogP contribution in [0.1, 0.15) is 12.0 Å². The zero-order valence-electron chi connectivity index (χ0n) is 9.50. The maximum absolute atomic E-state index is 12.5. The van der Waals surface area contributed by atoms with Gasteiger partial charge in [-0.05, 0) is 25.5 Å². The first-order chi connectivity index (χ1) is 7.93. The number of hydrogen-bond acceptors (Lipinski definition) is 2. The molecule has 1 atom stereocenters. The quantitative estimate of drug-likeness (QED) is 0.819. The zero-order valence-corrected chi connectivity index (χ0v) is 10.3. The van der Waals surface area contributed by atoms with E-state index in [0.717, 1.165) is 10.5 Å². The van der Waals surface area contributed by atoms with E-state index in [9.17, 15) is 13.2 Å². The van der Waals surface area contributed by atoms with E-state index >= 15 is 0 Å². The Balaban J connectivity index is 2.54. The fourth-order valence-corrected chi connectivity index (χ4v) is 2.41. The lowest BCUT2D eigenvalue weighted by molar-refractivity contribution is -0.171. The number of hydrogen-bond donors (Lipinski definition) is 1. The van der Waals surface area contributed by atoms with E-state index in [1.165, 1.54) is 11.8 Å². The third-order valence-electron chi connectivity index (χ3n) is 2.41. The number of aliphatic hydroxyl groups is 1. The zero-order chi connectivity index (χ0) is 12.9. The Bertz CT molecular complexity index is 335. The summed E-state index contributed by atoms with van der Waals surface area (Å²) in [6.07, 6.45) is -4.47. The molecule has 0 saturated carbocycles. The van der Waals surface area contributed by atoms with Gasteiger partial charge in [0.2, 0.25) is 0 Å². The highest BCUT2D eigenvalue weighted by Crippen LogP contribution is 2.33. The molecule has 1 rings (SSSR count). The Morgan fingerprint density at radius 1 is 1.24 bits per heavy atom. The lowest BCUT2D eigenvalue weighted by Crippen LogP contribution is -2.26. The molecular weight excluding hydrogens is 249 g/mol. The van der Waals surface area contributed by atoms with Crippen molar-refractivity contribution in [3.05, 3.63) is 29.8 Å². The van der Waals surface area contributed by atoms with Crippen LogP contribution in [0, 0.1) is 12.8 Å². The summed E-state index contributed by atoms with van der Waals surface area (Å²) >= 11 is 1.17. The van der Waals surface area contributed by atoms with Crippen molar-refractivity contribution < 1.29 is 18.3 Å². The molecule has 96 valence electrons. The van der Waals surface area contributed by atoms with Crippen molar-refractivity contribution in [2.45, 2.75) is 24.4 Å². The second-order valence-corrected chi connectivity index (χ2v) is 4.97. The number of halogens is 3. The van der Waals surface area contributed by atoms with Crippen LogP contribution in [0.5, 0.6) is 0 Å². The van der Waals surface area contributed by atoms with Gasteiger partial charge in [0, 0.05) is 17.3 Å². The summed E-state index contributed by atoms with van der Waals surface area (Å²) in [4.78, 5) is 0.822. The summed E-state index contributed by atoms with van der Waals surface area (Å²) in [7, 11) is 0. The highest BCUT2D eigenvalue weighted by molar-refractivity contribution is 7.99. The molecule has 1 aromatic rings. The van der Waals surface area contributed by atoms with Gasteiger partial charge in [-0.25, -0.2) is 0 Å². The van der Waals surface area contributed by atoms with Gasteiger partial charge in [0.05, 0.1) is 5.92 Å². The third kappa shape index (κ3) is 5.00. The number of thioether (sulfide) groups is 1. The van der Waals surface area contributed by atoms with Gasteiger partial charge < -0.3 is 5.11 Å². The minimum atomic E-state index is -4.24. The van der Waals surface area contributed by atoms with E-state index in [4.69, 9.17) is 5.11 Å². The van der Waals surface area contributed by atoms with Crippen LogP contribution in [0.15, 0.2) is 29.2 Å². The molecule has 1 aromatic carbocycles. The summed E-state index contributed by atoms with van der Waals surface area (Å²) in [5, 5.41) is 8.62. The fraction of sp³-hybridized carbons (Fsp3) is 0.500. The fourth-order valence-electron chi connectivity index (χ4n) is 1.33. The van der Waals surface area contributed by atoms with Gasteiger partial charge in [0.25, 0.3) is 0 Å². The first kappa shape index (κ1) is 14.4. The molecule has 5 heteroatoms. The summed E-state index contributed by atoms with van der Waals surface area (Å²) in [5.74, 6) is -1.49. The largest absolute Gasteiger partial charge is 0.396 e. The molecule has 0 fully saturated rings. The van der Waals surface area contributed by atoms with Gasteiger partial charge in [-0.2, -0.15) is 13.2 Å². The first-order valence-electron chi connectivity index (χ1n) is 5.30. The Labute approximate surface area is 103 Å². The Kier molecular flexibility index (Phi) is 5.33. The summed E-state index contributed by atoms with van der Waals surface area (Å²) < 4.78 is 37.6. The smallest absolute Gasteiger partial charge is 0.392 e. The van der Waals surface area contributed by atoms with Crippen LogP contribution in [0.4, 0.5) is 13.2 Å². The molecule has 0 spiro atoms. The topological polar surface area (TPSA) is 20.2 Å². The molecule has 1 nitrogen and oxygen atoms in total. The minimum Gasteiger partial charge on any atom is -0.396 e. The highest BCUT2D eigenvalue weighted by Gasteiger charge is 2.38. The summed E-state index contributed by atoms with van der Waals surface area (Å²) in [6.45, 7) is 1.50. The molecule has 0 aromatic heterocycles. The van der Waals surface area contributed by atoms with E-state index in [-0.39, 0.29) is 12.2 Å². The molecule has 0 aliphatic rings. The van der Waals surface area contributed by atoms with Crippen LogP contribution in [0.2, 0.25) is 0 Å². The number of alkyl halides is 3. The molecule has 0 radical (unpaired) electrons. The third-order valence-corrected chi connectivity index (χ3v) is 3.59.